The molecule has 39 heavy (non-hydrogen) atoms. The molecular formula is C28H26ClN7O2S. The molecule has 4 aromatic heterocycles. The first-order chi connectivity index (χ1) is 18.7. The molecule has 0 saturated carbocycles. The molecule has 5 aromatic rings. The molecule has 1 aromatic carbocycles. The summed E-state index contributed by atoms with van der Waals surface area (Å²) in [5, 5.41) is 14.4. The van der Waals surface area contributed by atoms with Gasteiger partial charge in [-0.15, -0.1) is 11.3 Å². The highest BCUT2D eigenvalue weighted by molar-refractivity contribution is 7.16. The van der Waals surface area contributed by atoms with E-state index in [1.54, 1.807) is 23.7 Å². The molecule has 0 aliphatic carbocycles. The molecule has 0 aliphatic heterocycles. The van der Waals surface area contributed by atoms with Gasteiger partial charge in [0.1, 0.15) is 27.9 Å². The van der Waals surface area contributed by atoms with Crippen molar-refractivity contribution in [2.75, 3.05) is 11.1 Å². The van der Waals surface area contributed by atoms with Crippen LogP contribution in [0.2, 0.25) is 5.15 Å². The average Bonchev–Trinajstić information content (AvgIpc) is 3.29. The number of aromatic nitrogens is 4. The Bertz CT molecular complexity index is 1720. The Morgan fingerprint density at radius 1 is 1.13 bits per heavy atom. The van der Waals surface area contributed by atoms with Crippen LogP contribution in [-0.2, 0) is 0 Å². The molecule has 4 heterocycles. The molecule has 0 unspecified atom stereocenters. The zero-order valence-electron chi connectivity index (χ0n) is 21.5. The van der Waals surface area contributed by atoms with Crippen LogP contribution in [-0.4, -0.2) is 31.2 Å². The molecule has 0 fully saturated rings. The predicted octanol–water partition coefficient (Wildman–Crippen LogP) is 5.83. The van der Waals surface area contributed by atoms with Gasteiger partial charge in [-0.1, -0.05) is 41.9 Å². The van der Waals surface area contributed by atoms with Gasteiger partial charge >= 0.3 is 0 Å². The molecule has 0 saturated heterocycles. The molecule has 0 spiro atoms. The minimum absolute atomic E-state index is 0.0171. The van der Waals surface area contributed by atoms with E-state index < -0.39 is 0 Å². The SMILES string of the molecule is CC(C)Oc1ccc(C(=N)c2c(N)ncnc2N[C@@H](C)c2cc3scc(Cl)n3c(=O)c2-c2ccccc2)cn1. The van der Waals surface area contributed by atoms with Gasteiger partial charge in [-0.05, 0) is 44.0 Å². The molecule has 11 heteroatoms. The van der Waals surface area contributed by atoms with Crippen molar-refractivity contribution in [3.05, 3.63) is 98.6 Å². The van der Waals surface area contributed by atoms with Crippen LogP contribution in [0, 0.1) is 5.41 Å². The fourth-order valence-electron chi connectivity index (χ4n) is 4.31. The highest BCUT2D eigenvalue weighted by Crippen LogP contribution is 2.33. The largest absolute Gasteiger partial charge is 0.475 e. The smallest absolute Gasteiger partial charge is 0.265 e. The second-order valence-corrected chi connectivity index (χ2v) is 10.4. The van der Waals surface area contributed by atoms with Crippen LogP contribution in [0.1, 0.15) is 43.5 Å². The van der Waals surface area contributed by atoms with Crippen LogP contribution in [0.15, 0.2) is 71.2 Å². The monoisotopic (exact) mass is 559 g/mol. The number of thiazole rings is 1. The second-order valence-electron chi connectivity index (χ2n) is 9.15. The summed E-state index contributed by atoms with van der Waals surface area (Å²) in [6.45, 7) is 5.76. The first kappa shape index (κ1) is 26.3. The van der Waals surface area contributed by atoms with E-state index in [1.807, 2.05) is 57.2 Å². The van der Waals surface area contributed by atoms with Crippen molar-refractivity contribution in [2.45, 2.75) is 32.9 Å². The number of pyridine rings is 2. The summed E-state index contributed by atoms with van der Waals surface area (Å²) in [7, 11) is 0. The van der Waals surface area contributed by atoms with Crippen LogP contribution < -0.4 is 21.3 Å². The van der Waals surface area contributed by atoms with Crippen LogP contribution in [0.25, 0.3) is 16.0 Å². The lowest BCUT2D eigenvalue weighted by molar-refractivity contribution is 0.232. The summed E-state index contributed by atoms with van der Waals surface area (Å²) < 4.78 is 7.12. The van der Waals surface area contributed by atoms with Crippen LogP contribution in [0.4, 0.5) is 11.6 Å². The molecule has 198 valence electrons. The number of anilines is 2. The fraction of sp³-hybridized carbons (Fsp3) is 0.179. The number of hydrogen-bond acceptors (Lipinski definition) is 9. The van der Waals surface area contributed by atoms with Crippen LogP contribution >= 0.6 is 22.9 Å². The van der Waals surface area contributed by atoms with E-state index in [4.69, 9.17) is 27.5 Å². The zero-order chi connectivity index (χ0) is 27.7. The number of nitrogens with zero attached hydrogens (tertiary/aromatic N) is 4. The fourth-order valence-corrected chi connectivity index (χ4v) is 5.47. The third-order valence-electron chi connectivity index (χ3n) is 6.09. The van der Waals surface area contributed by atoms with Crippen molar-refractivity contribution in [2.24, 2.45) is 0 Å². The molecule has 0 bridgehead atoms. The molecule has 1 atom stereocenters. The van der Waals surface area contributed by atoms with Crippen molar-refractivity contribution < 1.29 is 4.74 Å². The summed E-state index contributed by atoms with van der Waals surface area (Å²) >= 11 is 7.74. The lowest BCUT2D eigenvalue weighted by atomic mass is 9.96. The summed E-state index contributed by atoms with van der Waals surface area (Å²) in [5.41, 5.74) is 9.07. The molecule has 0 amide bonds. The predicted molar refractivity (Wildman–Crippen MR) is 156 cm³/mol. The Kier molecular flexibility index (Phi) is 7.32. The highest BCUT2D eigenvalue weighted by Gasteiger charge is 2.23. The van der Waals surface area contributed by atoms with Gasteiger partial charge in [-0.2, -0.15) is 0 Å². The number of halogens is 1. The highest BCUT2D eigenvalue weighted by atomic mass is 35.5. The number of benzene rings is 1. The second kappa shape index (κ2) is 10.8. The number of nitrogens with one attached hydrogen (secondary N) is 2. The minimum atomic E-state index is -0.389. The summed E-state index contributed by atoms with van der Waals surface area (Å²) in [5.74, 6) is 0.983. The van der Waals surface area contributed by atoms with E-state index >= 15 is 0 Å². The van der Waals surface area contributed by atoms with Crippen LogP contribution in [0.3, 0.4) is 0 Å². The van der Waals surface area contributed by atoms with Gasteiger partial charge in [0.2, 0.25) is 5.88 Å². The Morgan fingerprint density at radius 3 is 2.59 bits per heavy atom. The Hall–Kier alpha value is -4.28. The Labute approximate surface area is 233 Å². The minimum Gasteiger partial charge on any atom is -0.475 e. The van der Waals surface area contributed by atoms with E-state index in [-0.39, 0.29) is 29.2 Å². The number of nitrogens with two attached hydrogens (primary N) is 1. The van der Waals surface area contributed by atoms with Crippen molar-refractivity contribution in [1.29, 1.82) is 5.41 Å². The van der Waals surface area contributed by atoms with Gasteiger partial charge < -0.3 is 15.8 Å². The zero-order valence-corrected chi connectivity index (χ0v) is 23.0. The van der Waals surface area contributed by atoms with E-state index in [1.165, 1.54) is 22.1 Å². The number of hydrogen-bond donors (Lipinski definition) is 3. The molecule has 0 aliphatic rings. The van der Waals surface area contributed by atoms with Gasteiger partial charge in [0.25, 0.3) is 5.56 Å². The molecule has 4 N–H and O–H groups in total. The van der Waals surface area contributed by atoms with Gasteiger partial charge in [0.15, 0.2) is 0 Å². The first-order valence-electron chi connectivity index (χ1n) is 12.2. The molecule has 0 radical (unpaired) electrons. The summed E-state index contributed by atoms with van der Waals surface area (Å²) in [4.78, 5) is 27.2. The van der Waals surface area contributed by atoms with E-state index in [0.29, 0.717) is 33.5 Å². The van der Waals surface area contributed by atoms with E-state index in [9.17, 15) is 4.79 Å². The maximum absolute atomic E-state index is 13.7. The van der Waals surface area contributed by atoms with Crippen molar-refractivity contribution in [1.82, 2.24) is 19.4 Å². The van der Waals surface area contributed by atoms with Crippen LogP contribution in [0.5, 0.6) is 5.88 Å². The third kappa shape index (κ3) is 5.21. The Morgan fingerprint density at radius 2 is 1.90 bits per heavy atom. The topological polar surface area (TPSA) is 131 Å². The van der Waals surface area contributed by atoms with Gasteiger partial charge in [0.05, 0.1) is 29.0 Å². The average molecular weight is 560 g/mol. The van der Waals surface area contributed by atoms with Crippen molar-refractivity contribution in [3.63, 3.8) is 0 Å². The lowest BCUT2D eigenvalue weighted by Gasteiger charge is -2.21. The third-order valence-corrected chi connectivity index (χ3v) is 7.38. The normalized spacial score (nSPS) is 12.0. The number of ether oxygens (including phenoxy) is 1. The quantitative estimate of drug-likeness (QED) is 0.204. The number of fused-ring (bicyclic) bond motifs is 1. The molecule has 9 nitrogen and oxygen atoms in total. The standard InChI is InChI=1S/C28H26ClN7O2S/c1-15(2)38-21-10-9-18(12-32-21)25(30)24-26(31)33-14-34-27(24)35-16(3)19-11-22-36(20(29)13-39-22)28(37)23(19)17-7-5-4-6-8-17/h4-16,30H,1-3H3,(H3,31,33,34,35)/t16-/m0/s1. The maximum atomic E-state index is 13.7. The van der Waals surface area contributed by atoms with E-state index in [2.05, 4.69) is 20.3 Å². The maximum Gasteiger partial charge on any atom is 0.265 e. The summed E-state index contributed by atoms with van der Waals surface area (Å²) in [6, 6.07) is 14.5. The van der Waals surface area contributed by atoms with Gasteiger partial charge in [-0.25, -0.2) is 15.0 Å². The van der Waals surface area contributed by atoms with E-state index in [0.717, 1.165) is 16.0 Å². The lowest BCUT2D eigenvalue weighted by Crippen LogP contribution is -2.21. The van der Waals surface area contributed by atoms with Gasteiger partial charge in [-0.3, -0.25) is 14.6 Å². The summed E-state index contributed by atoms with van der Waals surface area (Å²) in [6.07, 6.45) is 2.88. The van der Waals surface area contributed by atoms with Crippen molar-refractivity contribution in [3.8, 4) is 17.0 Å². The van der Waals surface area contributed by atoms with Gasteiger partial charge in [0, 0.05) is 23.2 Å². The Balaban J connectivity index is 1.55. The first-order valence-corrected chi connectivity index (χ1v) is 13.5. The molecule has 5 rings (SSSR count). The van der Waals surface area contributed by atoms with Crippen molar-refractivity contribution >= 4 is 45.1 Å². The number of nitrogen functional groups attached to an aromatic ring is 1. The number of rotatable bonds is 8. The molecular weight excluding hydrogens is 534 g/mol.